The number of amides is 1. The summed E-state index contributed by atoms with van der Waals surface area (Å²) in [7, 11) is 4.91. The van der Waals surface area contributed by atoms with Crippen LogP contribution in [0.4, 0.5) is 5.69 Å². The van der Waals surface area contributed by atoms with Gasteiger partial charge < -0.3 is 15.4 Å². The molecule has 0 saturated carbocycles. The van der Waals surface area contributed by atoms with Crippen molar-refractivity contribution in [3.63, 3.8) is 0 Å². The minimum atomic E-state index is -0.474. The van der Waals surface area contributed by atoms with Crippen LogP contribution in [0.1, 0.15) is 23.6 Å². The van der Waals surface area contributed by atoms with Crippen molar-refractivity contribution < 1.29 is 14.3 Å². The van der Waals surface area contributed by atoms with E-state index in [1.807, 2.05) is 24.3 Å². The molecule has 0 aliphatic carbocycles. The molecule has 8 heteroatoms. The van der Waals surface area contributed by atoms with Crippen LogP contribution in [0.2, 0.25) is 0 Å². The molecular weight excluding hydrogens is 344 g/mol. The van der Waals surface area contributed by atoms with Gasteiger partial charge in [-0.15, -0.1) is 12.4 Å². The number of esters is 1. The molecule has 7 nitrogen and oxygen atoms in total. The lowest BCUT2D eigenvalue weighted by Crippen LogP contribution is -2.30. The first-order valence-corrected chi connectivity index (χ1v) is 7.66. The number of rotatable bonds is 7. The van der Waals surface area contributed by atoms with Gasteiger partial charge >= 0.3 is 5.97 Å². The Morgan fingerprint density at radius 2 is 1.96 bits per heavy atom. The first-order chi connectivity index (χ1) is 11.5. The number of anilines is 1. The largest absolute Gasteiger partial charge is 0.469 e. The molecule has 0 bridgehead atoms. The number of halogens is 1. The average molecular weight is 367 g/mol. The lowest BCUT2D eigenvalue weighted by molar-refractivity contribution is -0.140. The maximum absolute atomic E-state index is 12.4. The molecular formula is C17H23ClN4O3. The number of hydrogen-bond donors (Lipinski definition) is 2. The molecule has 0 aliphatic rings. The third-order valence-electron chi connectivity index (χ3n) is 3.68. The standard InChI is InChI=1S/C17H22N4O3.ClH/c1-18-16(13-10-19-21(2)11-13)17(23)20-14-7-4-12(5-8-14)6-9-15(22)24-3;/h4-5,7-8,10-11,16,18H,6,9H2,1-3H3,(H,20,23);1H. The van der Waals surface area contributed by atoms with Gasteiger partial charge in [0.05, 0.1) is 13.3 Å². The lowest BCUT2D eigenvalue weighted by atomic mass is 10.1. The highest BCUT2D eigenvalue weighted by Gasteiger charge is 2.20. The van der Waals surface area contributed by atoms with Gasteiger partial charge in [-0.05, 0) is 31.2 Å². The SMILES string of the molecule is CNC(C(=O)Nc1ccc(CCC(=O)OC)cc1)c1cnn(C)c1.Cl. The van der Waals surface area contributed by atoms with Crippen molar-refractivity contribution >= 4 is 30.0 Å². The Balaban J connectivity index is 0.00000312. The quantitative estimate of drug-likeness (QED) is 0.730. The number of benzene rings is 1. The molecule has 1 amide bonds. The van der Waals surface area contributed by atoms with Crippen molar-refractivity contribution in [2.45, 2.75) is 18.9 Å². The average Bonchev–Trinajstić information content (AvgIpc) is 3.00. The van der Waals surface area contributed by atoms with Crippen molar-refractivity contribution in [2.24, 2.45) is 7.05 Å². The van der Waals surface area contributed by atoms with Gasteiger partial charge in [-0.25, -0.2) is 0 Å². The molecule has 1 atom stereocenters. The molecule has 0 saturated heterocycles. The molecule has 0 fully saturated rings. The Morgan fingerprint density at radius 1 is 1.28 bits per heavy atom. The van der Waals surface area contributed by atoms with Crippen molar-refractivity contribution in [3.05, 3.63) is 47.8 Å². The summed E-state index contributed by atoms with van der Waals surface area (Å²) in [5.41, 5.74) is 2.51. The van der Waals surface area contributed by atoms with Gasteiger partial charge in [0.1, 0.15) is 6.04 Å². The van der Waals surface area contributed by atoms with Crippen LogP contribution in [-0.2, 0) is 27.8 Å². The summed E-state index contributed by atoms with van der Waals surface area (Å²) < 4.78 is 6.28. The van der Waals surface area contributed by atoms with Gasteiger partial charge in [0.2, 0.25) is 5.91 Å². The van der Waals surface area contributed by atoms with Crippen LogP contribution in [-0.4, -0.2) is 35.8 Å². The highest BCUT2D eigenvalue weighted by Crippen LogP contribution is 2.16. The van der Waals surface area contributed by atoms with E-state index in [0.717, 1.165) is 11.1 Å². The van der Waals surface area contributed by atoms with E-state index in [-0.39, 0.29) is 24.3 Å². The molecule has 1 aromatic heterocycles. The Kier molecular flexibility index (Phi) is 8.10. The molecule has 25 heavy (non-hydrogen) atoms. The van der Waals surface area contributed by atoms with Crippen LogP contribution in [0.15, 0.2) is 36.7 Å². The Bertz CT molecular complexity index is 700. The van der Waals surface area contributed by atoms with Crippen LogP contribution in [0.25, 0.3) is 0 Å². The molecule has 2 rings (SSSR count). The molecule has 1 unspecified atom stereocenters. The third kappa shape index (κ3) is 5.88. The molecule has 1 aromatic carbocycles. The first kappa shape index (κ1) is 20.7. The van der Waals surface area contributed by atoms with E-state index in [2.05, 4.69) is 20.5 Å². The minimum absolute atomic E-state index is 0. The second-order valence-electron chi connectivity index (χ2n) is 5.43. The molecule has 0 aliphatic heterocycles. The van der Waals surface area contributed by atoms with Gasteiger partial charge in [-0.2, -0.15) is 5.10 Å². The van der Waals surface area contributed by atoms with Crippen molar-refractivity contribution in [1.82, 2.24) is 15.1 Å². The number of aromatic nitrogens is 2. The highest BCUT2D eigenvalue weighted by atomic mass is 35.5. The zero-order chi connectivity index (χ0) is 17.5. The third-order valence-corrected chi connectivity index (χ3v) is 3.68. The summed E-state index contributed by atoms with van der Waals surface area (Å²) in [4.78, 5) is 23.6. The maximum atomic E-state index is 12.4. The predicted molar refractivity (Wildman–Crippen MR) is 97.7 cm³/mol. The van der Waals surface area contributed by atoms with E-state index in [4.69, 9.17) is 0 Å². The van der Waals surface area contributed by atoms with E-state index < -0.39 is 6.04 Å². The fourth-order valence-electron chi connectivity index (χ4n) is 2.36. The van der Waals surface area contributed by atoms with Crippen LogP contribution >= 0.6 is 12.4 Å². The Morgan fingerprint density at radius 3 is 2.48 bits per heavy atom. The van der Waals surface area contributed by atoms with Crippen LogP contribution in [0.3, 0.4) is 0 Å². The summed E-state index contributed by atoms with van der Waals surface area (Å²) >= 11 is 0. The highest BCUT2D eigenvalue weighted by molar-refractivity contribution is 5.95. The van der Waals surface area contributed by atoms with E-state index >= 15 is 0 Å². The van der Waals surface area contributed by atoms with E-state index in [1.165, 1.54) is 7.11 Å². The number of likely N-dealkylation sites (N-methyl/N-ethyl adjacent to an activating group) is 1. The zero-order valence-electron chi connectivity index (χ0n) is 14.5. The van der Waals surface area contributed by atoms with Crippen LogP contribution in [0.5, 0.6) is 0 Å². The van der Waals surface area contributed by atoms with Crippen molar-refractivity contribution in [2.75, 3.05) is 19.5 Å². The Labute approximate surface area is 153 Å². The predicted octanol–water partition coefficient (Wildman–Crippen LogP) is 1.85. The van der Waals surface area contributed by atoms with Gasteiger partial charge in [0.25, 0.3) is 0 Å². The number of ether oxygens (including phenoxy) is 1. The molecule has 0 radical (unpaired) electrons. The second kappa shape index (κ2) is 9.80. The summed E-state index contributed by atoms with van der Waals surface area (Å²) in [6, 6.07) is 6.94. The maximum Gasteiger partial charge on any atom is 0.305 e. The van der Waals surface area contributed by atoms with Crippen LogP contribution < -0.4 is 10.6 Å². The fraction of sp³-hybridized carbons (Fsp3) is 0.353. The summed E-state index contributed by atoms with van der Waals surface area (Å²) in [6.45, 7) is 0. The molecule has 1 heterocycles. The normalized spacial score (nSPS) is 11.3. The number of carbonyl (C=O) groups is 2. The zero-order valence-corrected chi connectivity index (χ0v) is 15.3. The summed E-state index contributed by atoms with van der Waals surface area (Å²) in [6.07, 6.45) is 4.41. The number of carbonyl (C=O) groups excluding carboxylic acids is 2. The van der Waals surface area contributed by atoms with Gasteiger partial charge in [0, 0.05) is 30.9 Å². The number of hydrogen-bond acceptors (Lipinski definition) is 5. The smallest absolute Gasteiger partial charge is 0.305 e. The molecule has 0 spiro atoms. The summed E-state index contributed by atoms with van der Waals surface area (Å²) in [5, 5.41) is 9.95. The van der Waals surface area contributed by atoms with E-state index in [1.54, 1.807) is 31.2 Å². The number of nitrogens with one attached hydrogen (secondary N) is 2. The number of nitrogens with zero attached hydrogens (tertiary/aromatic N) is 2. The summed E-state index contributed by atoms with van der Waals surface area (Å²) in [5.74, 6) is -0.395. The number of aryl methyl sites for hydroxylation is 2. The van der Waals surface area contributed by atoms with Crippen molar-refractivity contribution in [1.29, 1.82) is 0 Å². The van der Waals surface area contributed by atoms with E-state index in [0.29, 0.717) is 18.5 Å². The molecule has 136 valence electrons. The van der Waals surface area contributed by atoms with Crippen molar-refractivity contribution in [3.8, 4) is 0 Å². The molecule has 2 aromatic rings. The van der Waals surface area contributed by atoms with Crippen LogP contribution in [0, 0.1) is 0 Å². The van der Waals surface area contributed by atoms with Gasteiger partial charge in [0.15, 0.2) is 0 Å². The monoisotopic (exact) mass is 366 g/mol. The second-order valence-corrected chi connectivity index (χ2v) is 5.43. The first-order valence-electron chi connectivity index (χ1n) is 7.66. The minimum Gasteiger partial charge on any atom is -0.469 e. The lowest BCUT2D eigenvalue weighted by Gasteiger charge is -2.14. The topological polar surface area (TPSA) is 85.2 Å². The van der Waals surface area contributed by atoms with Gasteiger partial charge in [-0.1, -0.05) is 12.1 Å². The Hall–Kier alpha value is -2.38. The van der Waals surface area contributed by atoms with E-state index in [9.17, 15) is 9.59 Å². The van der Waals surface area contributed by atoms with Gasteiger partial charge in [-0.3, -0.25) is 14.3 Å². The fourth-order valence-corrected chi connectivity index (χ4v) is 2.36. The molecule has 2 N–H and O–H groups in total. The number of methoxy groups -OCH3 is 1.